The number of aromatic nitrogens is 1. The highest BCUT2D eigenvalue weighted by atomic mass is 16.5. The average molecular weight is 338 g/mol. The third-order valence-corrected chi connectivity index (χ3v) is 6.95. The van der Waals surface area contributed by atoms with Crippen LogP contribution < -0.4 is 0 Å². The molecule has 0 amide bonds. The molecule has 1 N–H and O–H groups in total. The summed E-state index contributed by atoms with van der Waals surface area (Å²) in [6.07, 6.45) is 5.65. The first kappa shape index (κ1) is 15.4. The van der Waals surface area contributed by atoms with Crippen molar-refractivity contribution in [2.75, 3.05) is 20.2 Å². The Kier molecular flexibility index (Phi) is 3.63. The molecule has 4 heteroatoms. The van der Waals surface area contributed by atoms with Gasteiger partial charge in [0, 0.05) is 29.7 Å². The van der Waals surface area contributed by atoms with Gasteiger partial charge in [-0.25, -0.2) is 0 Å². The van der Waals surface area contributed by atoms with Gasteiger partial charge in [-0.3, -0.25) is 9.69 Å². The minimum Gasteiger partial charge on any atom is -0.469 e. The van der Waals surface area contributed by atoms with E-state index in [1.165, 1.54) is 35.7 Å². The van der Waals surface area contributed by atoms with Crippen molar-refractivity contribution in [1.82, 2.24) is 9.88 Å². The zero-order valence-electron chi connectivity index (χ0n) is 14.8. The van der Waals surface area contributed by atoms with Gasteiger partial charge >= 0.3 is 5.97 Å². The fourth-order valence-corrected chi connectivity index (χ4v) is 5.80. The second-order valence-electron chi connectivity index (χ2n) is 8.04. The third kappa shape index (κ3) is 2.34. The van der Waals surface area contributed by atoms with Crippen LogP contribution in [0.3, 0.4) is 0 Å². The van der Waals surface area contributed by atoms with Crippen molar-refractivity contribution in [3.8, 4) is 0 Å². The Morgan fingerprint density at radius 2 is 2.16 bits per heavy atom. The van der Waals surface area contributed by atoms with E-state index in [2.05, 4.69) is 34.1 Å². The van der Waals surface area contributed by atoms with Crippen LogP contribution in [0.1, 0.15) is 43.0 Å². The Bertz CT molecular complexity index is 811. The summed E-state index contributed by atoms with van der Waals surface area (Å²) in [7, 11) is 1.54. The predicted molar refractivity (Wildman–Crippen MR) is 97.3 cm³/mol. The van der Waals surface area contributed by atoms with Crippen LogP contribution in [-0.2, 0) is 16.0 Å². The number of rotatable bonds is 1. The first-order chi connectivity index (χ1) is 12.3. The number of hydrogen-bond donors (Lipinski definition) is 1. The van der Waals surface area contributed by atoms with Crippen LogP contribution >= 0.6 is 0 Å². The smallest absolute Gasteiger partial charge is 0.308 e. The number of nitrogens with one attached hydrogen (secondary N) is 1. The molecule has 1 aliphatic carbocycles. The highest BCUT2D eigenvalue weighted by Gasteiger charge is 2.46. The SMILES string of the molecule is COC(=O)[C@H]1CCCC2CN3CCc4c([nH]c5ccccc45)C3C[C@@H]21. The molecule has 1 aromatic carbocycles. The molecule has 2 aliphatic heterocycles. The minimum atomic E-state index is 0.0100. The van der Waals surface area contributed by atoms with Crippen LogP contribution in [0.4, 0.5) is 0 Å². The average Bonchev–Trinajstić information content (AvgIpc) is 3.04. The van der Waals surface area contributed by atoms with Crippen LogP contribution in [0.5, 0.6) is 0 Å². The summed E-state index contributed by atoms with van der Waals surface area (Å²) in [5.41, 5.74) is 4.16. The largest absolute Gasteiger partial charge is 0.469 e. The first-order valence-corrected chi connectivity index (χ1v) is 9.67. The molecule has 1 saturated heterocycles. The number of hydrogen-bond acceptors (Lipinski definition) is 3. The summed E-state index contributed by atoms with van der Waals surface area (Å²) in [4.78, 5) is 18.7. The van der Waals surface area contributed by atoms with E-state index in [0.717, 1.165) is 38.8 Å². The van der Waals surface area contributed by atoms with E-state index in [4.69, 9.17) is 4.74 Å². The van der Waals surface area contributed by atoms with Gasteiger partial charge in [-0.1, -0.05) is 24.6 Å². The molecule has 1 aromatic heterocycles. The van der Waals surface area contributed by atoms with Crippen LogP contribution in [0.2, 0.25) is 0 Å². The zero-order chi connectivity index (χ0) is 17.0. The van der Waals surface area contributed by atoms with Crippen LogP contribution in [0, 0.1) is 17.8 Å². The molecule has 4 nitrogen and oxygen atoms in total. The predicted octanol–water partition coefficient (Wildman–Crippen LogP) is 3.68. The molecule has 132 valence electrons. The number of fused-ring (bicyclic) bond motifs is 6. The topological polar surface area (TPSA) is 45.3 Å². The zero-order valence-corrected chi connectivity index (χ0v) is 14.8. The van der Waals surface area contributed by atoms with E-state index in [0.29, 0.717) is 17.9 Å². The number of carbonyl (C=O) groups is 1. The van der Waals surface area contributed by atoms with Gasteiger partial charge in [0.25, 0.3) is 0 Å². The van der Waals surface area contributed by atoms with Crippen molar-refractivity contribution in [2.24, 2.45) is 17.8 Å². The number of methoxy groups -OCH3 is 1. The lowest BCUT2D eigenvalue weighted by molar-refractivity contribution is -0.152. The maximum Gasteiger partial charge on any atom is 0.308 e. The first-order valence-electron chi connectivity index (χ1n) is 9.67. The number of piperidine rings is 1. The van der Waals surface area contributed by atoms with E-state index >= 15 is 0 Å². The van der Waals surface area contributed by atoms with Gasteiger partial charge in [-0.15, -0.1) is 0 Å². The number of H-pyrrole nitrogens is 1. The van der Waals surface area contributed by atoms with Crippen LogP contribution in [0.15, 0.2) is 24.3 Å². The van der Waals surface area contributed by atoms with E-state index in [9.17, 15) is 4.79 Å². The quantitative estimate of drug-likeness (QED) is 0.807. The van der Waals surface area contributed by atoms with Crippen molar-refractivity contribution in [3.05, 3.63) is 35.5 Å². The standard InChI is InChI=1S/C21H26N2O2/c1-25-21(24)16-7-4-5-13-12-23-10-9-15-14-6-2-3-8-18(14)22-20(15)19(23)11-17(13)16/h2-3,6,8,13,16-17,19,22H,4-5,7,9-12H2,1H3/t13?,16-,17-,19?/m0/s1. The molecule has 2 aromatic rings. The second kappa shape index (κ2) is 5.87. The summed E-state index contributed by atoms with van der Waals surface area (Å²) >= 11 is 0. The van der Waals surface area contributed by atoms with Gasteiger partial charge in [0.05, 0.1) is 19.1 Å². The van der Waals surface area contributed by atoms with Crippen molar-refractivity contribution >= 4 is 16.9 Å². The molecular formula is C21H26N2O2. The number of nitrogens with zero attached hydrogens (tertiary/aromatic N) is 1. The number of aromatic amines is 1. The van der Waals surface area contributed by atoms with Gasteiger partial charge in [0.1, 0.15) is 0 Å². The number of carbonyl (C=O) groups excluding carboxylic acids is 1. The molecule has 3 aliphatic rings. The summed E-state index contributed by atoms with van der Waals surface area (Å²) in [5, 5.41) is 1.38. The Balaban J connectivity index is 1.51. The van der Waals surface area contributed by atoms with E-state index in [1.807, 2.05) is 0 Å². The maximum absolute atomic E-state index is 12.3. The van der Waals surface area contributed by atoms with E-state index < -0.39 is 0 Å². The molecule has 4 atom stereocenters. The number of ether oxygens (including phenoxy) is 1. The molecule has 0 bridgehead atoms. The van der Waals surface area contributed by atoms with Crippen LogP contribution in [0.25, 0.3) is 10.9 Å². The minimum absolute atomic E-state index is 0.0100. The maximum atomic E-state index is 12.3. The van der Waals surface area contributed by atoms with Crippen molar-refractivity contribution < 1.29 is 9.53 Å². The number of esters is 1. The Labute approximate surface area is 148 Å². The van der Waals surface area contributed by atoms with Crippen LogP contribution in [-0.4, -0.2) is 36.1 Å². The van der Waals surface area contributed by atoms with Gasteiger partial charge in [-0.2, -0.15) is 0 Å². The normalized spacial score (nSPS) is 31.9. The Morgan fingerprint density at radius 3 is 3.04 bits per heavy atom. The third-order valence-electron chi connectivity index (χ3n) is 6.95. The highest BCUT2D eigenvalue weighted by molar-refractivity contribution is 5.85. The molecule has 25 heavy (non-hydrogen) atoms. The van der Waals surface area contributed by atoms with Crippen molar-refractivity contribution in [3.63, 3.8) is 0 Å². The highest BCUT2D eigenvalue weighted by Crippen LogP contribution is 2.49. The molecule has 2 unspecified atom stereocenters. The molecule has 5 rings (SSSR count). The summed E-state index contributed by atoms with van der Waals surface area (Å²) in [6, 6.07) is 9.09. The molecule has 2 fully saturated rings. The van der Waals surface area contributed by atoms with Gasteiger partial charge in [0.2, 0.25) is 0 Å². The van der Waals surface area contributed by atoms with E-state index in [1.54, 1.807) is 0 Å². The number of para-hydroxylation sites is 1. The Morgan fingerprint density at radius 1 is 1.28 bits per heavy atom. The monoisotopic (exact) mass is 338 g/mol. The van der Waals surface area contributed by atoms with Crippen molar-refractivity contribution in [1.29, 1.82) is 0 Å². The molecule has 0 spiro atoms. The van der Waals surface area contributed by atoms with Gasteiger partial charge in [-0.05, 0) is 49.1 Å². The summed E-state index contributed by atoms with van der Waals surface area (Å²) < 4.78 is 5.13. The lowest BCUT2D eigenvalue weighted by Crippen LogP contribution is -2.50. The van der Waals surface area contributed by atoms with Gasteiger partial charge in [0.15, 0.2) is 0 Å². The summed E-state index contributed by atoms with van der Waals surface area (Å²) in [6.45, 7) is 2.28. The lowest BCUT2D eigenvalue weighted by atomic mass is 9.66. The van der Waals surface area contributed by atoms with Crippen molar-refractivity contribution in [2.45, 2.75) is 38.1 Å². The molecule has 1 saturated carbocycles. The molecule has 3 heterocycles. The summed E-state index contributed by atoms with van der Waals surface area (Å²) in [5.74, 6) is 1.23. The van der Waals surface area contributed by atoms with E-state index in [-0.39, 0.29) is 11.9 Å². The Hall–Kier alpha value is -1.81. The molecular weight excluding hydrogens is 312 g/mol. The van der Waals surface area contributed by atoms with Gasteiger partial charge < -0.3 is 9.72 Å². The lowest BCUT2D eigenvalue weighted by Gasteiger charge is -2.49. The fourth-order valence-electron chi connectivity index (χ4n) is 5.80. The number of benzene rings is 1. The second-order valence-corrected chi connectivity index (χ2v) is 8.04. The fraction of sp³-hybridized carbons (Fsp3) is 0.571. The molecule has 0 radical (unpaired) electrons.